The quantitative estimate of drug-likeness (QED) is 0.879. The lowest BCUT2D eigenvalue weighted by molar-refractivity contribution is 0.144. The number of rotatable bonds is 2. The van der Waals surface area contributed by atoms with Crippen LogP contribution in [-0.4, -0.2) is 22.0 Å². The third-order valence-electron chi connectivity index (χ3n) is 4.74. The summed E-state index contributed by atoms with van der Waals surface area (Å²) in [5.74, 6) is 0.370. The van der Waals surface area contributed by atoms with Crippen molar-refractivity contribution >= 4 is 11.7 Å². The Balaban J connectivity index is 1.82. The molecule has 3 rings (SSSR count). The van der Waals surface area contributed by atoms with Gasteiger partial charge in [0, 0.05) is 30.7 Å². The van der Waals surface area contributed by atoms with E-state index in [0.29, 0.717) is 5.92 Å². The van der Waals surface area contributed by atoms with Crippen LogP contribution in [0.25, 0.3) is 0 Å². The molecule has 0 saturated heterocycles. The lowest BCUT2D eigenvalue weighted by atomic mass is 9.97. The van der Waals surface area contributed by atoms with Crippen molar-refractivity contribution in [3.8, 4) is 0 Å². The molecule has 0 aliphatic carbocycles. The molecule has 122 valence electrons. The minimum absolute atomic E-state index is 0.0144. The largest absolute Gasteiger partial charge is 0.348 e. The Morgan fingerprint density at radius 2 is 1.96 bits per heavy atom. The summed E-state index contributed by atoms with van der Waals surface area (Å²) < 4.78 is 2.25. The van der Waals surface area contributed by atoms with Gasteiger partial charge in [-0.25, -0.2) is 4.79 Å². The highest BCUT2D eigenvalue weighted by Crippen LogP contribution is 2.32. The number of amides is 2. The molecule has 4 nitrogen and oxygen atoms in total. The molecule has 2 aromatic rings. The SMILES string of the molecule is Cc1ccc(NC(=O)N2CCn3cccc3[C@H]2C(C)C)cc1C. The van der Waals surface area contributed by atoms with Crippen molar-refractivity contribution in [2.24, 2.45) is 5.92 Å². The molecule has 0 saturated carbocycles. The van der Waals surface area contributed by atoms with Gasteiger partial charge < -0.3 is 14.8 Å². The first kappa shape index (κ1) is 15.7. The van der Waals surface area contributed by atoms with Crippen LogP contribution in [-0.2, 0) is 6.54 Å². The molecule has 1 atom stereocenters. The zero-order valence-corrected chi connectivity index (χ0v) is 14.3. The van der Waals surface area contributed by atoms with Crippen LogP contribution in [0.15, 0.2) is 36.5 Å². The number of aromatic nitrogens is 1. The number of urea groups is 1. The van der Waals surface area contributed by atoms with Crippen molar-refractivity contribution in [3.63, 3.8) is 0 Å². The number of carbonyl (C=O) groups is 1. The molecule has 1 aliphatic heterocycles. The third kappa shape index (κ3) is 2.98. The Hall–Kier alpha value is -2.23. The molecule has 1 aliphatic rings. The Bertz CT molecular complexity index is 717. The standard InChI is InChI=1S/C19H25N3O/c1-13(2)18-17-6-5-9-21(17)10-11-22(18)19(23)20-16-8-7-14(3)15(4)12-16/h5-9,12-13,18H,10-11H2,1-4H3,(H,20,23)/t18-/m1/s1. The van der Waals surface area contributed by atoms with E-state index in [9.17, 15) is 4.79 Å². The van der Waals surface area contributed by atoms with Crippen LogP contribution < -0.4 is 5.32 Å². The maximum absolute atomic E-state index is 12.8. The monoisotopic (exact) mass is 311 g/mol. The molecule has 0 bridgehead atoms. The number of carbonyl (C=O) groups excluding carboxylic acids is 1. The van der Waals surface area contributed by atoms with Gasteiger partial charge in [-0.05, 0) is 55.2 Å². The normalized spacial score (nSPS) is 17.3. The first-order valence-corrected chi connectivity index (χ1v) is 8.27. The maximum atomic E-state index is 12.8. The smallest absolute Gasteiger partial charge is 0.322 e. The fraction of sp³-hybridized carbons (Fsp3) is 0.421. The van der Waals surface area contributed by atoms with Crippen LogP contribution in [0.1, 0.15) is 36.7 Å². The summed E-state index contributed by atoms with van der Waals surface area (Å²) in [6, 6.07) is 10.3. The fourth-order valence-corrected chi connectivity index (χ4v) is 3.36. The molecule has 1 N–H and O–H groups in total. The summed E-state index contributed by atoms with van der Waals surface area (Å²) in [4.78, 5) is 14.8. The summed E-state index contributed by atoms with van der Waals surface area (Å²) in [7, 11) is 0. The molecule has 0 radical (unpaired) electrons. The number of nitrogens with zero attached hydrogens (tertiary/aromatic N) is 2. The summed E-state index contributed by atoms with van der Waals surface area (Å²) >= 11 is 0. The van der Waals surface area contributed by atoms with E-state index in [-0.39, 0.29) is 12.1 Å². The fourth-order valence-electron chi connectivity index (χ4n) is 3.36. The molecule has 0 unspecified atom stereocenters. The van der Waals surface area contributed by atoms with Gasteiger partial charge in [0.2, 0.25) is 0 Å². The maximum Gasteiger partial charge on any atom is 0.322 e. The predicted octanol–water partition coefficient (Wildman–Crippen LogP) is 4.35. The lowest BCUT2D eigenvalue weighted by Gasteiger charge is -2.39. The van der Waals surface area contributed by atoms with Crippen LogP contribution >= 0.6 is 0 Å². The summed E-state index contributed by atoms with van der Waals surface area (Å²) in [5.41, 5.74) is 4.51. The predicted molar refractivity (Wildman–Crippen MR) is 93.7 cm³/mol. The summed E-state index contributed by atoms with van der Waals surface area (Å²) in [6.07, 6.45) is 2.10. The van der Waals surface area contributed by atoms with Crippen molar-refractivity contribution in [1.82, 2.24) is 9.47 Å². The highest BCUT2D eigenvalue weighted by Gasteiger charge is 2.32. The molecule has 0 spiro atoms. The van der Waals surface area contributed by atoms with Gasteiger partial charge in [-0.2, -0.15) is 0 Å². The highest BCUT2D eigenvalue weighted by atomic mass is 16.2. The first-order valence-electron chi connectivity index (χ1n) is 8.27. The zero-order chi connectivity index (χ0) is 16.6. The topological polar surface area (TPSA) is 37.3 Å². The van der Waals surface area contributed by atoms with Crippen molar-refractivity contribution in [3.05, 3.63) is 53.3 Å². The average Bonchev–Trinajstić information content (AvgIpc) is 2.98. The van der Waals surface area contributed by atoms with Gasteiger partial charge in [0.25, 0.3) is 0 Å². The van der Waals surface area contributed by atoms with Crippen LogP contribution in [0, 0.1) is 19.8 Å². The van der Waals surface area contributed by atoms with Gasteiger partial charge >= 0.3 is 6.03 Å². The zero-order valence-electron chi connectivity index (χ0n) is 14.3. The second-order valence-electron chi connectivity index (χ2n) is 6.74. The number of fused-ring (bicyclic) bond motifs is 1. The Labute approximate surface area is 138 Å². The van der Waals surface area contributed by atoms with E-state index in [1.165, 1.54) is 16.8 Å². The van der Waals surface area contributed by atoms with Crippen LogP contribution in [0.4, 0.5) is 10.5 Å². The number of anilines is 1. The first-order chi connectivity index (χ1) is 11.0. The molecule has 0 fully saturated rings. The Kier molecular flexibility index (Phi) is 4.16. The number of aryl methyl sites for hydroxylation is 2. The molecule has 1 aromatic heterocycles. The van der Waals surface area contributed by atoms with Crippen LogP contribution in [0.5, 0.6) is 0 Å². The number of nitrogens with one attached hydrogen (secondary N) is 1. The van der Waals surface area contributed by atoms with E-state index >= 15 is 0 Å². The van der Waals surface area contributed by atoms with Gasteiger partial charge in [0.1, 0.15) is 0 Å². The van der Waals surface area contributed by atoms with E-state index in [2.05, 4.69) is 55.9 Å². The van der Waals surface area contributed by atoms with Gasteiger partial charge in [0.05, 0.1) is 6.04 Å². The molecule has 2 heterocycles. The van der Waals surface area contributed by atoms with Gasteiger partial charge in [0.15, 0.2) is 0 Å². The van der Waals surface area contributed by atoms with Crippen LogP contribution in [0.3, 0.4) is 0 Å². The number of hydrogen-bond acceptors (Lipinski definition) is 1. The summed E-state index contributed by atoms with van der Waals surface area (Å²) in [5, 5.41) is 3.07. The van der Waals surface area contributed by atoms with Crippen molar-refractivity contribution in [1.29, 1.82) is 0 Å². The molecule has 4 heteroatoms. The van der Waals surface area contributed by atoms with E-state index in [1.807, 2.05) is 23.1 Å². The Morgan fingerprint density at radius 1 is 1.17 bits per heavy atom. The van der Waals surface area contributed by atoms with Gasteiger partial charge in [-0.1, -0.05) is 19.9 Å². The van der Waals surface area contributed by atoms with E-state index < -0.39 is 0 Å². The molecular weight excluding hydrogens is 286 g/mol. The lowest BCUT2D eigenvalue weighted by Crippen LogP contribution is -2.45. The van der Waals surface area contributed by atoms with Gasteiger partial charge in [-0.15, -0.1) is 0 Å². The average molecular weight is 311 g/mol. The third-order valence-corrected chi connectivity index (χ3v) is 4.74. The van der Waals surface area contributed by atoms with E-state index in [0.717, 1.165) is 18.8 Å². The summed E-state index contributed by atoms with van der Waals surface area (Å²) in [6.45, 7) is 10.1. The van der Waals surface area contributed by atoms with Crippen molar-refractivity contribution in [2.45, 2.75) is 40.3 Å². The van der Waals surface area contributed by atoms with E-state index in [4.69, 9.17) is 0 Å². The van der Waals surface area contributed by atoms with Crippen molar-refractivity contribution < 1.29 is 4.79 Å². The molecule has 2 amide bonds. The number of benzene rings is 1. The Morgan fingerprint density at radius 3 is 2.65 bits per heavy atom. The van der Waals surface area contributed by atoms with Gasteiger partial charge in [-0.3, -0.25) is 0 Å². The second kappa shape index (κ2) is 6.11. The molecular formula is C19H25N3O. The minimum atomic E-state index is -0.0144. The van der Waals surface area contributed by atoms with Crippen molar-refractivity contribution in [2.75, 3.05) is 11.9 Å². The minimum Gasteiger partial charge on any atom is -0.348 e. The van der Waals surface area contributed by atoms with Crippen LogP contribution in [0.2, 0.25) is 0 Å². The highest BCUT2D eigenvalue weighted by molar-refractivity contribution is 5.89. The molecule has 23 heavy (non-hydrogen) atoms. The van der Waals surface area contributed by atoms with E-state index in [1.54, 1.807) is 0 Å². The number of hydrogen-bond donors (Lipinski definition) is 1. The second-order valence-corrected chi connectivity index (χ2v) is 6.74. The molecule has 1 aromatic carbocycles.